The number of aromatic nitrogens is 1. The number of carboxylic acids is 1. The molecule has 3 amide bonds. The lowest BCUT2D eigenvalue weighted by Crippen LogP contribution is -2.49. The molecule has 0 radical (unpaired) electrons. The van der Waals surface area contributed by atoms with E-state index in [2.05, 4.69) is 15.6 Å². The molecule has 1 aliphatic rings. The van der Waals surface area contributed by atoms with Crippen LogP contribution in [0.1, 0.15) is 38.7 Å². The number of amides is 3. The van der Waals surface area contributed by atoms with E-state index in [1.807, 2.05) is 29.2 Å². The van der Waals surface area contributed by atoms with Gasteiger partial charge in [-0.05, 0) is 54.1 Å². The quantitative estimate of drug-likeness (QED) is 0.232. The van der Waals surface area contributed by atoms with Crippen molar-refractivity contribution in [2.45, 2.75) is 12.5 Å². The van der Waals surface area contributed by atoms with Crippen LogP contribution < -0.4 is 20.3 Å². The number of pyridine rings is 1. The van der Waals surface area contributed by atoms with Crippen molar-refractivity contribution in [2.75, 3.05) is 43.0 Å². The van der Waals surface area contributed by atoms with Crippen molar-refractivity contribution in [2.24, 2.45) is 0 Å². The predicted molar refractivity (Wildman–Crippen MR) is 168 cm³/mol. The highest BCUT2D eigenvalue weighted by Crippen LogP contribution is 2.29. The van der Waals surface area contributed by atoms with Crippen molar-refractivity contribution in [3.63, 3.8) is 0 Å². The second-order valence-corrected chi connectivity index (χ2v) is 10.4. The SMILES string of the molecule is O=C(O)CC(NC(=O)c1ccc(N2CCN(C(=O)c3ccccc3)CC2)c(NC(=O)COc2ccccc2)c1)c1cccnc1. The number of carbonyl (C=O) groups is 4. The third kappa shape index (κ3) is 8.23. The van der Waals surface area contributed by atoms with Crippen LogP contribution in [0.5, 0.6) is 5.75 Å². The van der Waals surface area contributed by atoms with Crippen LogP contribution in [-0.4, -0.2) is 71.5 Å². The van der Waals surface area contributed by atoms with E-state index in [4.69, 9.17) is 4.74 Å². The van der Waals surface area contributed by atoms with E-state index >= 15 is 0 Å². The first-order valence-electron chi connectivity index (χ1n) is 14.5. The number of hydrogen-bond acceptors (Lipinski definition) is 7. The summed E-state index contributed by atoms with van der Waals surface area (Å²) in [4.78, 5) is 58.8. The van der Waals surface area contributed by atoms with Gasteiger partial charge in [-0.15, -0.1) is 0 Å². The van der Waals surface area contributed by atoms with Gasteiger partial charge in [0.25, 0.3) is 17.7 Å². The number of hydrogen-bond donors (Lipinski definition) is 3. The highest BCUT2D eigenvalue weighted by Gasteiger charge is 2.25. The zero-order valence-electron chi connectivity index (χ0n) is 24.5. The van der Waals surface area contributed by atoms with E-state index in [0.29, 0.717) is 54.4 Å². The smallest absolute Gasteiger partial charge is 0.305 e. The Kier molecular flexibility index (Phi) is 10.0. The molecule has 4 aromatic rings. The normalized spacial score (nSPS) is 13.4. The lowest BCUT2D eigenvalue weighted by atomic mass is 10.0. The third-order valence-corrected chi connectivity index (χ3v) is 7.35. The Morgan fingerprint density at radius 1 is 0.844 bits per heavy atom. The second kappa shape index (κ2) is 14.6. The van der Waals surface area contributed by atoms with Crippen LogP contribution in [0.25, 0.3) is 0 Å². The molecule has 3 aromatic carbocycles. The maximum Gasteiger partial charge on any atom is 0.305 e. The van der Waals surface area contributed by atoms with Crippen molar-refractivity contribution >= 4 is 35.1 Å². The number of nitrogens with zero attached hydrogens (tertiary/aromatic N) is 3. The van der Waals surface area contributed by atoms with E-state index in [0.717, 1.165) is 0 Å². The molecule has 5 rings (SSSR count). The number of rotatable bonds is 11. The van der Waals surface area contributed by atoms with Crippen molar-refractivity contribution in [3.8, 4) is 5.75 Å². The maximum absolute atomic E-state index is 13.4. The van der Waals surface area contributed by atoms with E-state index in [1.165, 1.54) is 6.20 Å². The Bertz CT molecular complexity index is 1630. The van der Waals surface area contributed by atoms with Gasteiger partial charge in [-0.1, -0.05) is 42.5 Å². The van der Waals surface area contributed by atoms with Gasteiger partial charge in [-0.25, -0.2) is 0 Å². The van der Waals surface area contributed by atoms with Gasteiger partial charge in [0, 0.05) is 49.7 Å². The number of carboxylic acid groups (broad SMARTS) is 1. The van der Waals surface area contributed by atoms with Gasteiger partial charge >= 0.3 is 5.97 Å². The molecule has 0 saturated carbocycles. The molecular formula is C34H33N5O6. The number of nitrogens with one attached hydrogen (secondary N) is 2. The first-order chi connectivity index (χ1) is 21.9. The molecule has 11 nitrogen and oxygen atoms in total. The summed E-state index contributed by atoms with van der Waals surface area (Å²) in [6, 6.07) is 25.6. The fourth-order valence-electron chi connectivity index (χ4n) is 5.07. The second-order valence-electron chi connectivity index (χ2n) is 10.4. The first-order valence-corrected chi connectivity index (χ1v) is 14.5. The van der Waals surface area contributed by atoms with E-state index < -0.39 is 23.8 Å². The molecule has 2 heterocycles. The highest BCUT2D eigenvalue weighted by molar-refractivity contribution is 6.00. The van der Waals surface area contributed by atoms with Crippen molar-refractivity contribution < 1.29 is 29.0 Å². The third-order valence-electron chi connectivity index (χ3n) is 7.35. The molecule has 1 aromatic heterocycles. The minimum atomic E-state index is -1.07. The van der Waals surface area contributed by atoms with Crippen LogP contribution in [0.3, 0.4) is 0 Å². The Morgan fingerprint density at radius 2 is 1.56 bits per heavy atom. The van der Waals surface area contributed by atoms with Gasteiger partial charge in [0.15, 0.2) is 6.61 Å². The number of ether oxygens (including phenoxy) is 1. The lowest BCUT2D eigenvalue weighted by Gasteiger charge is -2.37. The maximum atomic E-state index is 13.4. The predicted octanol–water partition coefficient (Wildman–Crippen LogP) is 4.01. The largest absolute Gasteiger partial charge is 0.484 e. The van der Waals surface area contributed by atoms with Crippen LogP contribution in [0.4, 0.5) is 11.4 Å². The van der Waals surface area contributed by atoms with Gasteiger partial charge in [-0.2, -0.15) is 0 Å². The molecule has 1 fully saturated rings. The minimum Gasteiger partial charge on any atom is -0.484 e. The molecule has 0 bridgehead atoms. The van der Waals surface area contributed by atoms with E-state index in [9.17, 15) is 24.3 Å². The molecular weight excluding hydrogens is 574 g/mol. The van der Waals surface area contributed by atoms with Gasteiger partial charge in [0.1, 0.15) is 5.75 Å². The standard InChI is InChI=1S/C34H33N5O6/c40-31(23-45-27-11-5-2-6-12-27)36-29-20-25(33(43)37-28(21-32(41)42)26-10-7-15-35-22-26)13-14-30(29)38-16-18-39(19-17-38)34(44)24-8-3-1-4-9-24/h1-15,20,22,28H,16-19,21,23H2,(H,36,40)(H,37,43)(H,41,42). The molecule has 1 aliphatic heterocycles. The van der Waals surface area contributed by atoms with Crippen LogP contribution in [0.15, 0.2) is 103 Å². The van der Waals surface area contributed by atoms with E-state index in [1.54, 1.807) is 77.8 Å². The molecule has 230 valence electrons. The summed E-state index contributed by atoms with van der Waals surface area (Å²) in [6.07, 6.45) is 2.75. The van der Waals surface area contributed by atoms with Crippen LogP contribution in [0.2, 0.25) is 0 Å². The monoisotopic (exact) mass is 607 g/mol. The number of para-hydroxylation sites is 1. The van der Waals surface area contributed by atoms with Gasteiger partial charge in [0.2, 0.25) is 0 Å². The Morgan fingerprint density at radius 3 is 2.22 bits per heavy atom. The number of carbonyl (C=O) groups excluding carboxylic acids is 3. The molecule has 11 heteroatoms. The Labute approximate surface area is 260 Å². The summed E-state index contributed by atoms with van der Waals surface area (Å²) >= 11 is 0. The number of piperazine rings is 1. The molecule has 0 aliphatic carbocycles. The van der Waals surface area contributed by atoms with Crippen LogP contribution >= 0.6 is 0 Å². The molecule has 0 spiro atoms. The summed E-state index contributed by atoms with van der Waals surface area (Å²) < 4.78 is 5.61. The zero-order valence-corrected chi connectivity index (χ0v) is 24.5. The topological polar surface area (TPSA) is 141 Å². The van der Waals surface area contributed by atoms with Crippen molar-refractivity contribution in [3.05, 3.63) is 120 Å². The summed E-state index contributed by atoms with van der Waals surface area (Å²) in [6.45, 7) is 1.72. The first kappa shape index (κ1) is 30.7. The number of benzene rings is 3. The lowest BCUT2D eigenvalue weighted by molar-refractivity contribution is -0.137. The number of anilines is 2. The Hall–Kier alpha value is -5.71. The van der Waals surface area contributed by atoms with E-state index in [-0.39, 0.29) is 24.5 Å². The molecule has 1 saturated heterocycles. The van der Waals surface area contributed by atoms with Gasteiger partial charge in [0.05, 0.1) is 23.8 Å². The average molecular weight is 608 g/mol. The summed E-state index contributed by atoms with van der Waals surface area (Å²) in [5.41, 5.74) is 2.49. The summed E-state index contributed by atoms with van der Waals surface area (Å²) in [5, 5.41) is 15.1. The van der Waals surface area contributed by atoms with Crippen molar-refractivity contribution in [1.29, 1.82) is 0 Å². The van der Waals surface area contributed by atoms with Crippen molar-refractivity contribution in [1.82, 2.24) is 15.2 Å². The summed E-state index contributed by atoms with van der Waals surface area (Å²) in [5.74, 6) is -1.50. The Balaban J connectivity index is 1.34. The van der Waals surface area contributed by atoms with Gasteiger partial charge in [-0.3, -0.25) is 24.2 Å². The average Bonchev–Trinajstić information content (AvgIpc) is 3.08. The minimum absolute atomic E-state index is 0.0432. The summed E-state index contributed by atoms with van der Waals surface area (Å²) in [7, 11) is 0. The van der Waals surface area contributed by atoms with Gasteiger partial charge < -0.3 is 30.3 Å². The molecule has 3 N–H and O–H groups in total. The highest BCUT2D eigenvalue weighted by atomic mass is 16.5. The number of aliphatic carboxylic acids is 1. The fourth-order valence-corrected chi connectivity index (χ4v) is 5.07. The molecule has 45 heavy (non-hydrogen) atoms. The zero-order chi connectivity index (χ0) is 31.6. The van der Waals surface area contributed by atoms with Crippen LogP contribution in [0, 0.1) is 0 Å². The fraction of sp³-hybridized carbons (Fsp3) is 0.206. The molecule has 1 unspecified atom stereocenters. The van der Waals surface area contributed by atoms with Crippen LogP contribution in [-0.2, 0) is 9.59 Å². The molecule has 1 atom stereocenters.